The number of hydrogen-bond donors (Lipinski definition) is 2. The van der Waals surface area contributed by atoms with Crippen LogP contribution < -0.4 is 25.0 Å². The number of aryl methyl sites for hydroxylation is 1. The Bertz CT molecular complexity index is 988. The van der Waals surface area contributed by atoms with E-state index in [0.29, 0.717) is 49.1 Å². The molecule has 2 heterocycles. The number of benzene rings is 2. The highest BCUT2D eigenvalue weighted by Crippen LogP contribution is 2.32. The molecule has 3 amide bonds. The summed E-state index contributed by atoms with van der Waals surface area (Å²) in [5.41, 5.74) is 2.56. The Morgan fingerprint density at radius 2 is 1.59 bits per heavy atom. The molecular formula is C21H21N3O5. The summed E-state index contributed by atoms with van der Waals surface area (Å²) in [5, 5.41) is 5.13. The Kier molecular flexibility index (Phi) is 5.07. The third-order valence-corrected chi connectivity index (χ3v) is 4.84. The van der Waals surface area contributed by atoms with Crippen LogP contribution in [0.2, 0.25) is 0 Å². The van der Waals surface area contributed by atoms with Crippen LogP contribution >= 0.6 is 0 Å². The second-order valence-electron chi connectivity index (χ2n) is 6.92. The maximum Gasteiger partial charge on any atom is 0.314 e. The molecule has 1 fully saturated rings. The molecule has 0 radical (unpaired) electrons. The highest BCUT2D eigenvalue weighted by Gasteiger charge is 2.24. The molecule has 2 aliphatic heterocycles. The number of rotatable bonds is 3. The molecule has 4 rings (SSSR count). The van der Waals surface area contributed by atoms with Crippen molar-refractivity contribution in [2.75, 3.05) is 35.3 Å². The fourth-order valence-corrected chi connectivity index (χ4v) is 3.38. The smallest absolute Gasteiger partial charge is 0.314 e. The number of ether oxygens (including phenoxy) is 2. The molecule has 2 N–H and O–H groups in total. The van der Waals surface area contributed by atoms with Crippen molar-refractivity contribution in [1.29, 1.82) is 0 Å². The molecule has 8 heteroatoms. The van der Waals surface area contributed by atoms with Gasteiger partial charge >= 0.3 is 11.8 Å². The zero-order valence-electron chi connectivity index (χ0n) is 16.0. The number of fused-ring (bicyclic) bond motifs is 1. The number of nitrogens with zero attached hydrogens (tertiary/aromatic N) is 1. The van der Waals surface area contributed by atoms with E-state index in [1.165, 1.54) is 0 Å². The summed E-state index contributed by atoms with van der Waals surface area (Å²) in [7, 11) is 0. The first-order valence-electron chi connectivity index (χ1n) is 9.44. The second kappa shape index (κ2) is 7.83. The lowest BCUT2D eigenvalue weighted by Gasteiger charge is -2.20. The van der Waals surface area contributed by atoms with Gasteiger partial charge in [0, 0.05) is 36.1 Å². The first-order valence-corrected chi connectivity index (χ1v) is 9.44. The van der Waals surface area contributed by atoms with E-state index in [1.807, 2.05) is 13.0 Å². The Morgan fingerprint density at radius 1 is 0.931 bits per heavy atom. The summed E-state index contributed by atoms with van der Waals surface area (Å²) in [6.07, 6.45) is 1.33. The molecule has 150 valence electrons. The van der Waals surface area contributed by atoms with E-state index in [9.17, 15) is 14.4 Å². The van der Waals surface area contributed by atoms with Crippen LogP contribution in [0.5, 0.6) is 11.5 Å². The molecular weight excluding hydrogens is 374 g/mol. The van der Waals surface area contributed by atoms with Crippen LogP contribution in [0, 0.1) is 6.92 Å². The van der Waals surface area contributed by atoms with Crippen molar-refractivity contribution < 1.29 is 23.9 Å². The Morgan fingerprint density at radius 3 is 2.28 bits per heavy atom. The van der Waals surface area contributed by atoms with Gasteiger partial charge in [-0.05, 0) is 43.2 Å². The minimum absolute atomic E-state index is 0.0629. The van der Waals surface area contributed by atoms with Gasteiger partial charge < -0.3 is 25.0 Å². The van der Waals surface area contributed by atoms with Gasteiger partial charge in [-0.2, -0.15) is 0 Å². The van der Waals surface area contributed by atoms with Gasteiger partial charge in [-0.25, -0.2) is 0 Å². The van der Waals surface area contributed by atoms with E-state index in [-0.39, 0.29) is 5.91 Å². The third kappa shape index (κ3) is 4.01. The fourth-order valence-electron chi connectivity index (χ4n) is 3.38. The van der Waals surface area contributed by atoms with Gasteiger partial charge in [0.05, 0.1) is 0 Å². The molecule has 0 spiro atoms. The number of carbonyl (C=O) groups is 3. The topological polar surface area (TPSA) is 97.0 Å². The second-order valence-corrected chi connectivity index (χ2v) is 6.92. The van der Waals surface area contributed by atoms with Crippen molar-refractivity contribution in [1.82, 2.24) is 0 Å². The summed E-state index contributed by atoms with van der Waals surface area (Å²) in [6.45, 7) is 3.46. The Balaban J connectivity index is 1.44. The summed E-state index contributed by atoms with van der Waals surface area (Å²) in [5.74, 6) is -0.424. The highest BCUT2D eigenvalue weighted by molar-refractivity contribution is 6.43. The highest BCUT2D eigenvalue weighted by atomic mass is 16.6. The molecule has 0 atom stereocenters. The van der Waals surface area contributed by atoms with E-state index in [2.05, 4.69) is 10.6 Å². The molecule has 1 saturated heterocycles. The molecule has 8 nitrogen and oxygen atoms in total. The number of carbonyl (C=O) groups excluding carboxylic acids is 3. The monoisotopic (exact) mass is 395 g/mol. The zero-order valence-corrected chi connectivity index (χ0v) is 16.0. The first-order chi connectivity index (χ1) is 14.0. The molecule has 0 aliphatic carbocycles. The van der Waals surface area contributed by atoms with Crippen molar-refractivity contribution in [2.45, 2.75) is 19.8 Å². The number of amides is 3. The van der Waals surface area contributed by atoms with Gasteiger partial charge in [-0.15, -0.1) is 0 Å². The Labute approximate surface area is 167 Å². The molecule has 2 aromatic rings. The van der Waals surface area contributed by atoms with E-state index < -0.39 is 11.8 Å². The van der Waals surface area contributed by atoms with Crippen LogP contribution in [-0.2, 0) is 14.4 Å². The largest absolute Gasteiger partial charge is 0.486 e. The van der Waals surface area contributed by atoms with E-state index >= 15 is 0 Å². The summed E-state index contributed by atoms with van der Waals surface area (Å²) in [6, 6.07) is 10.2. The minimum atomic E-state index is -0.805. The minimum Gasteiger partial charge on any atom is -0.486 e. The van der Waals surface area contributed by atoms with Crippen molar-refractivity contribution in [3.63, 3.8) is 0 Å². The third-order valence-electron chi connectivity index (χ3n) is 4.84. The van der Waals surface area contributed by atoms with Crippen LogP contribution in [0.4, 0.5) is 17.1 Å². The lowest BCUT2D eigenvalue weighted by Crippen LogP contribution is -2.29. The van der Waals surface area contributed by atoms with Gasteiger partial charge in [-0.1, -0.05) is 6.07 Å². The molecule has 0 aromatic heterocycles. The lowest BCUT2D eigenvalue weighted by molar-refractivity contribution is -0.133. The molecule has 2 aromatic carbocycles. The number of nitrogens with one attached hydrogen (secondary N) is 2. The number of hydrogen-bond acceptors (Lipinski definition) is 5. The van der Waals surface area contributed by atoms with Crippen molar-refractivity contribution >= 4 is 34.8 Å². The predicted molar refractivity (Wildman–Crippen MR) is 107 cm³/mol. The molecule has 2 aliphatic rings. The fraction of sp³-hybridized carbons (Fsp3) is 0.286. The normalized spacial score (nSPS) is 15.2. The number of anilines is 3. The molecule has 0 saturated carbocycles. The zero-order chi connectivity index (χ0) is 20.4. The van der Waals surface area contributed by atoms with Gasteiger partial charge in [0.25, 0.3) is 0 Å². The van der Waals surface area contributed by atoms with Crippen LogP contribution in [0.3, 0.4) is 0 Å². The summed E-state index contributed by atoms with van der Waals surface area (Å²) in [4.78, 5) is 38.4. The molecule has 29 heavy (non-hydrogen) atoms. The quantitative estimate of drug-likeness (QED) is 0.779. The van der Waals surface area contributed by atoms with E-state index in [4.69, 9.17) is 9.47 Å². The van der Waals surface area contributed by atoms with Crippen molar-refractivity contribution in [2.24, 2.45) is 0 Å². The van der Waals surface area contributed by atoms with Crippen LogP contribution in [0.1, 0.15) is 18.4 Å². The SMILES string of the molecule is Cc1ccc(NC(=O)C(=O)Nc2ccc3c(c2)OCCO3)cc1N1CCCC1=O. The first kappa shape index (κ1) is 18.8. The van der Waals surface area contributed by atoms with Crippen LogP contribution in [0.25, 0.3) is 0 Å². The maximum absolute atomic E-state index is 12.3. The van der Waals surface area contributed by atoms with Gasteiger partial charge in [0.15, 0.2) is 11.5 Å². The van der Waals surface area contributed by atoms with E-state index in [0.717, 1.165) is 17.7 Å². The average molecular weight is 395 g/mol. The predicted octanol–water partition coefficient (Wildman–Crippen LogP) is 2.47. The molecule has 0 unspecified atom stereocenters. The Hall–Kier alpha value is -3.55. The standard InChI is InChI=1S/C21H21N3O5/c1-13-4-5-14(11-16(13)24-8-2-3-19(24)25)22-20(26)21(27)23-15-6-7-17-18(12-15)29-10-9-28-17/h4-7,11-12H,2-3,8-10H2,1H3,(H,22,26)(H,23,27). The van der Waals surface area contributed by atoms with Gasteiger partial charge in [0.1, 0.15) is 13.2 Å². The maximum atomic E-state index is 12.3. The van der Waals surface area contributed by atoms with Crippen molar-refractivity contribution in [3.05, 3.63) is 42.0 Å². The van der Waals surface area contributed by atoms with Crippen LogP contribution in [0.15, 0.2) is 36.4 Å². The van der Waals surface area contributed by atoms with Crippen LogP contribution in [-0.4, -0.2) is 37.5 Å². The van der Waals surface area contributed by atoms with E-state index in [1.54, 1.807) is 35.2 Å². The summed E-state index contributed by atoms with van der Waals surface area (Å²) >= 11 is 0. The summed E-state index contributed by atoms with van der Waals surface area (Å²) < 4.78 is 10.9. The lowest BCUT2D eigenvalue weighted by atomic mass is 10.1. The average Bonchev–Trinajstić information content (AvgIpc) is 3.15. The van der Waals surface area contributed by atoms with Gasteiger partial charge in [0.2, 0.25) is 5.91 Å². The van der Waals surface area contributed by atoms with Gasteiger partial charge in [-0.3, -0.25) is 14.4 Å². The van der Waals surface area contributed by atoms with Crippen molar-refractivity contribution in [3.8, 4) is 11.5 Å². The molecule has 0 bridgehead atoms.